The van der Waals surface area contributed by atoms with Crippen molar-refractivity contribution in [1.29, 1.82) is 0 Å². The van der Waals surface area contributed by atoms with E-state index in [0.717, 1.165) is 23.3 Å². The molecule has 0 saturated carbocycles. The van der Waals surface area contributed by atoms with Crippen LogP contribution in [0.3, 0.4) is 0 Å². The molecule has 0 aliphatic rings. The molecule has 0 saturated heterocycles. The highest BCUT2D eigenvalue weighted by molar-refractivity contribution is 7.11. The van der Waals surface area contributed by atoms with Crippen molar-refractivity contribution in [3.8, 4) is 0 Å². The standard InChI is InChI=1S/C9H13F2NS/c1-8(2,3)7-12-5-6(13-7)9(4,10)11/h5H,1-4H3. The number of rotatable bonds is 1. The van der Waals surface area contributed by atoms with Crippen molar-refractivity contribution in [3.05, 3.63) is 16.1 Å². The summed E-state index contributed by atoms with van der Waals surface area (Å²) in [5.41, 5.74) is -0.145. The van der Waals surface area contributed by atoms with Crippen molar-refractivity contribution in [2.75, 3.05) is 0 Å². The van der Waals surface area contributed by atoms with Gasteiger partial charge in [0.1, 0.15) is 0 Å². The van der Waals surface area contributed by atoms with E-state index in [9.17, 15) is 8.78 Å². The van der Waals surface area contributed by atoms with Crippen LogP contribution in [0.1, 0.15) is 37.6 Å². The molecule has 74 valence electrons. The van der Waals surface area contributed by atoms with Crippen LogP contribution in [0.2, 0.25) is 0 Å². The molecule has 0 aliphatic heterocycles. The summed E-state index contributed by atoms with van der Waals surface area (Å²) < 4.78 is 25.7. The van der Waals surface area contributed by atoms with Crippen LogP contribution in [0, 0.1) is 0 Å². The minimum atomic E-state index is -2.76. The number of hydrogen-bond donors (Lipinski definition) is 0. The Morgan fingerprint density at radius 1 is 1.23 bits per heavy atom. The molecule has 0 aliphatic carbocycles. The first-order valence-corrected chi connectivity index (χ1v) is 4.87. The SMILES string of the molecule is CC(C)(C)c1ncc(C(C)(F)F)s1. The fourth-order valence-corrected chi connectivity index (χ4v) is 1.73. The van der Waals surface area contributed by atoms with E-state index in [1.54, 1.807) is 0 Å². The Morgan fingerprint density at radius 2 is 1.77 bits per heavy atom. The van der Waals surface area contributed by atoms with Crippen molar-refractivity contribution < 1.29 is 8.78 Å². The van der Waals surface area contributed by atoms with Gasteiger partial charge in [0.25, 0.3) is 5.92 Å². The highest BCUT2D eigenvalue weighted by Gasteiger charge is 2.29. The molecule has 1 rings (SSSR count). The van der Waals surface area contributed by atoms with E-state index < -0.39 is 5.92 Å². The van der Waals surface area contributed by atoms with Crippen LogP contribution >= 0.6 is 11.3 Å². The van der Waals surface area contributed by atoms with Crippen LogP contribution in [0.25, 0.3) is 0 Å². The lowest BCUT2D eigenvalue weighted by Crippen LogP contribution is -2.09. The molecule has 0 spiro atoms. The smallest absolute Gasteiger partial charge is 0.249 e. The maximum atomic E-state index is 12.8. The summed E-state index contributed by atoms with van der Waals surface area (Å²) in [6, 6.07) is 0. The molecule has 1 heterocycles. The molecule has 0 aromatic carbocycles. The molecule has 1 aromatic rings. The van der Waals surface area contributed by atoms with E-state index in [-0.39, 0.29) is 10.3 Å². The van der Waals surface area contributed by atoms with Gasteiger partial charge in [-0.05, 0) is 0 Å². The Labute approximate surface area is 80.8 Å². The molecule has 0 atom stereocenters. The molecule has 0 unspecified atom stereocenters. The Balaban J connectivity index is 3.01. The molecule has 0 N–H and O–H groups in total. The summed E-state index contributed by atoms with van der Waals surface area (Å²) in [4.78, 5) is 4.03. The van der Waals surface area contributed by atoms with Crippen LogP contribution < -0.4 is 0 Å². The van der Waals surface area contributed by atoms with Crippen LogP contribution in [0.4, 0.5) is 8.78 Å². The lowest BCUT2D eigenvalue weighted by Gasteiger charge is -2.13. The summed E-state index contributed by atoms with van der Waals surface area (Å²) in [6.45, 7) is 6.78. The zero-order valence-corrected chi connectivity index (χ0v) is 9.01. The lowest BCUT2D eigenvalue weighted by molar-refractivity contribution is 0.0213. The van der Waals surface area contributed by atoms with Gasteiger partial charge in [-0.15, -0.1) is 11.3 Å². The van der Waals surface area contributed by atoms with Crippen LogP contribution in [-0.4, -0.2) is 4.98 Å². The summed E-state index contributed by atoms with van der Waals surface area (Å²) in [5.74, 6) is -2.76. The van der Waals surface area contributed by atoms with Crippen molar-refractivity contribution in [2.45, 2.75) is 39.0 Å². The molecule has 1 nitrogen and oxygen atoms in total. The second-order valence-electron chi connectivity index (χ2n) is 4.17. The third kappa shape index (κ3) is 2.46. The fourth-order valence-electron chi connectivity index (χ4n) is 0.824. The normalized spacial score (nSPS) is 13.4. The minimum absolute atomic E-state index is 0.0393. The van der Waals surface area contributed by atoms with Gasteiger partial charge < -0.3 is 0 Å². The quantitative estimate of drug-likeness (QED) is 0.683. The predicted octanol–water partition coefficient (Wildman–Crippen LogP) is 3.55. The second kappa shape index (κ2) is 3.01. The number of hydrogen-bond acceptors (Lipinski definition) is 2. The zero-order chi connectivity index (χ0) is 10.3. The Morgan fingerprint density at radius 3 is 2.00 bits per heavy atom. The van der Waals surface area contributed by atoms with Crippen molar-refractivity contribution in [3.63, 3.8) is 0 Å². The minimum Gasteiger partial charge on any atom is -0.249 e. The van der Waals surface area contributed by atoms with Crippen LogP contribution in [0.5, 0.6) is 0 Å². The van der Waals surface area contributed by atoms with E-state index in [0.29, 0.717) is 0 Å². The number of alkyl halides is 2. The van der Waals surface area contributed by atoms with Gasteiger partial charge in [-0.25, -0.2) is 13.8 Å². The molecule has 0 fully saturated rings. The molecule has 4 heteroatoms. The fraction of sp³-hybridized carbons (Fsp3) is 0.667. The van der Waals surface area contributed by atoms with Gasteiger partial charge in [0, 0.05) is 18.5 Å². The average molecular weight is 205 g/mol. The monoisotopic (exact) mass is 205 g/mol. The highest BCUT2D eigenvalue weighted by Crippen LogP contribution is 2.35. The molecule has 0 bridgehead atoms. The molecule has 0 radical (unpaired) electrons. The van der Waals surface area contributed by atoms with E-state index in [4.69, 9.17) is 0 Å². The van der Waals surface area contributed by atoms with Gasteiger partial charge in [0.05, 0.1) is 9.88 Å². The van der Waals surface area contributed by atoms with Crippen molar-refractivity contribution in [1.82, 2.24) is 4.98 Å². The average Bonchev–Trinajstić information content (AvgIpc) is 2.28. The van der Waals surface area contributed by atoms with Gasteiger partial charge in [-0.1, -0.05) is 20.8 Å². The van der Waals surface area contributed by atoms with Crippen molar-refractivity contribution in [2.24, 2.45) is 0 Å². The largest absolute Gasteiger partial charge is 0.281 e. The van der Waals surface area contributed by atoms with E-state index >= 15 is 0 Å². The Kier molecular flexibility index (Phi) is 2.45. The predicted molar refractivity (Wildman–Crippen MR) is 50.4 cm³/mol. The number of halogens is 2. The van der Waals surface area contributed by atoms with Gasteiger partial charge in [0.15, 0.2) is 0 Å². The number of aromatic nitrogens is 1. The first-order valence-electron chi connectivity index (χ1n) is 4.06. The third-order valence-electron chi connectivity index (χ3n) is 1.58. The summed E-state index contributed by atoms with van der Waals surface area (Å²) in [7, 11) is 0. The first kappa shape index (κ1) is 10.6. The van der Waals surface area contributed by atoms with Crippen molar-refractivity contribution >= 4 is 11.3 Å². The topological polar surface area (TPSA) is 12.9 Å². The molecule has 1 aromatic heterocycles. The summed E-state index contributed by atoms with van der Waals surface area (Å²) in [6.07, 6.45) is 1.27. The van der Waals surface area contributed by atoms with Gasteiger partial charge in [-0.3, -0.25) is 0 Å². The summed E-state index contributed by atoms with van der Waals surface area (Å²) >= 11 is 1.09. The zero-order valence-electron chi connectivity index (χ0n) is 8.19. The second-order valence-corrected chi connectivity index (χ2v) is 5.20. The number of nitrogens with zero attached hydrogens (tertiary/aromatic N) is 1. The lowest BCUT2D eigenvalue weighted by atomic mass is 9.98. The maximum Gasteiger partial charge on any atom is 0.281 e. The first-order chi connectivity index (χ1) is 5.71. The molecule has 13 heavy (non-hydrogen) atoms. The summed E-state index contributed by atoms with van der Waals surface area (Å²) in [5, 5.41) is 0.754. The van der Waals surface area contributed by atoms with Gasteiger partial charge >= 0.3 is 0 Å². The van der Waals surface area contributed by atoms with E-state index in [1.807, 2.05) is 20.8 Å². The third-order valence-corrected chi connectivity index (χ3v) is 3.17. The Bertz CT molecular complexity index is 265. The highest BCUT2D eigenvalue weighted by atomic mass is 32.1. The van der Waals surface area contributed by atoms with Crippen LogP contribution in [0.15, 0.2) is 6.20 Å². The molecular weight excluding hydrogens is 192 g/mol. The Hall–Kier alpha value is -0.510. The molecular formula is C9H13F2NS. The van der Waals surface area contributed by atoms with Gasteiger partial charge in [-0.2, -0.15) is 0 Å². The van der Waals surface area contributed by atoms with Crippen LogP contribution in [-0.2, 0) is 11.3 Å². The van der Waals surface area contributed by atoms with Gasteiger partial charge in [0.2, 0.25) is 0 Å². The molecule has 0 amide bonds. The maximum absolute atomic E-state index is 12.8. The number of thiazole rings is 1. The van der Waals surface area contributed by atoms with E-state index in [1.165, 1.54) is 6.20 Å². The van der Waals surface area contributed by atoms with E-state index in [2.05, 4.69) is 4.98 Å².